The average Bonchev–Trinajstić information content (AvgIpc) is 3.18. The van der Waals surface area contributed by atoms with Crippen molar-refractivity contribution in [2.75, 3.05) is 27.7 Å². The van der Waals surface area contributed by atoms with Crippen molar-refractivity contribution in [3.63, 3.8) is 0 Å². The van der Waals surface area contributed by atoms with Crippen LogP contribution in [0, 0.1) is 11.8 Å². The first-order valence-electron chi connectivity index (χ1n) is 17.3. The van der Waals surface area contributed by atoms with E-state index in [-0.39, 0.29) is 34.8 Å². The predicted octanol–water partition coefficient (Wildman–Crippen LogP) is 4.56. The number of halogens is 1. The second kappa shape index (κ2) is 13.6. The standard InChI is InChI=1S/C37H48ClN3O7S/c1-23-7-5-9-32(42)29-13-10-24(29)17-26-20-36(16-6-8-25-18-28(38)12-14-31(25)36)22-48-33-15-11-27(19-30(26)33)37(45,21-34(43)41(23)4)35(44)39-49(46,47)40(2)3/h5,9,11-12,14-15,18-19,23-24,26,29,32,42,45H,6-8,10,13,16-17,20-22H2,1-4H3,(H,39,44)/b9-5+/t23-,24-,26?,29+,32-,36-,37-/m0/s1. The highest BCUT2D eigenvalue weighted by Gasteiger charge is 2.47. The summed E-state index contributed by atoms with van der Waals surface area (Å²) in [4.78, 5) is 29.0. The van der Waals surface area contributed by atoms with E-state index in [9.17, 15) is 28.2 Å². The molecule has 2 aliphatic carbocycles. The minimum atomic E-state index is -4.29. The zero-order valence-electron chi connectivity index (χ0n) is 28.7. The summed E-state index contributed by atoms with van der Waals surface area (Å²) in [7, 11) is -0.151. The third-order valence-electron chi connectivity index (χ3n) is 11.7. The number of aliphatic hydroxyl groups excluding tert-OH is 1. The van der Waals surface area contributed by atoms with Crippen molar-refractivity contribution in [2.24, 2.45) is 11.8 Å². The molecular formula is C37H48ClN3O7S. The molecule has 49 heavy (non-hydrogen) atoms. The summed E-state index contributed by atoms with van der Waals surface area (Å²) in [6.07, 6.45) is 9.12. The van der Waals surface area contributed by atoms with Gasteiger partial charge in [-0.05, 0) is 123 Å². The fourth-order valence-electron chi connectivity index (χ4n) is 8.34. The average molecular weight is 714 g/mol. The van der Waals surface area contributed by atoms with E-state index in [4.69, 9.17) is 16.3 Å². The zero-order valence-corrected chi connectivity index (χ0v) is 30.3. The van der Waals surface area contributed by atoms with Gasteiger partial charge in [0.25, 0.3) is 5.91 Å². The highest BCUT2D eigenvalue weighted by molar-refractivity contribution is 7.87. The lowest BCUT2D eigenvalue weighted by molar-refractivity contribution is -0.149. The number of amides is 2. The van der Waals surface area contributed by atoms with Crippen LogP contribution in [-0.4, -0.2) is 79.5 Å². The SMILES string of the molecule is C[C@H]1C/C=C/[C@H](O)[C@@H]2CC[C@H]2CC2C[C@@]3(CCCc4cc(Cl)ccc43)COc3ccc(cc32)[C@](O)(C(=O)NS(=O)(=O)N(C)C)CC(=O)N1C. The van der Waals surface area contributed by atoms with Gasteiger partial charge in [-0.1, -0.05) is 35.9 Å². The smallest absolute Gasteiger partial charge is 0.303 e. The van der Waals surface area contributed by atoms with Crippen molar-refractivity contribution in [3.05, 3.63) is 75.8 Å². The number of carbonyl (C=O) groups excluding carboxylic acids is 2. The van der Waals surface area contributed by atoms with Crippen LogP contribution in [0.25, 0.3) is 0 Å². The number of nitrogens with one attached hydrogen (secondary N) is 1. The molecule has 1 unspecified atom stereocenters. The lowest BCUT2D eigenvalue weighted by atomic mass is 9.61. The number of nitrogens with zero attached hydrogens (tertiary/aromatic N) is 2. The number of hydrogen-bond acceptors (Lipinski definition) is 7. The number of carbonyl (C=O) groups is 2. The molecular weight excluding hydrogens is 666 g/mol. The monoisotopic (exact) mass is 713 g/mol. The van der Waals surface area contributed by atoms with Gasteiger partial charge in [0.2, 0.25) is 5.91 Å². The topological polar surface area (TPSA) is 136 Å². The summed E-state index contributed by atoms with van der Waals surface area (Å²) in [5, 5.41) is 24.2. The van der Waals surface area contributed by atoms with Crippen LogP contribution in [0.5, 0.6) is 5.75 Å². The van der Waals surface area contributed by atoms with E-state index < -0.39 is 40.1 Å². The highest BCUT2D eigenvalue weighted by Crippen LogP contribution is 2.53. The Balaban J connectivity index is 1.48. The van der Waals surface area contributed by atoms with Crippen molar-refractivity contribution < 1.29 is 33.0 Å². The van der Waals surface area contributed by atoms with Gasteiger partial charge in [-0.25, -0.2) is 4.72 Å². The normalized spacial score (nSPS) is 32.7. The molecule has 0 saturated heterocycles. The molecule has 2 bridgehead atoms. The molecule has 0 radical (unpaired) electrons. The maximum absolute atomic E-state index is 13.9. The van der Waals surface area contributed by atoms with E-state index in [0.717, 1.165) is 54.8 Å². The fraction of sp³-hybridized carbons (Fsp3) is 0.568. The van der Waals surface area contributed by atoms with E-state index >= 15 is 0 Å². The van der Waals surface area contributed by atoms with E-state index in [0.29, 0.717) is 23.8 Å². The Morgan fingerprint density at radius 2 is 1.94 bits per heavy atom. The summed E-state index contributed by atoms with van der Waals surface area (Å²) < 4.78 is 35.1. The van der Waals surface area contributed by atoms with Gasteiger partial charge in [0.05, 0.1) is 19.1 Å². The molecule has 1 fully saturated rings. The molecule has 4 aliphatic rings. The molecule has 2 amide bonds. The number of benzene rings is 2. The van der Waals surface area contributed by atoms with Gasteiger partial charge in [-0.2, -0.15) is 12.7 Å². The lowest BCUT2D eigenvalue weighted by Gasteiger charge is -2.43. The number of hydrogen-bond donors (Lipinski definition) is 3. The van der Waals surface area contributed by atoms with Gasteiger partial charge in [0.1, 0.15) is 5.75 Å². The second-order valence-corrected chi connectivity index (χ2v) is 17.2. The van der Waals surface area contributed by atoms with Gasteiger partial charge < -0.3 is 19.8 Å². The molecule has 2 aromatic rings. The molecule has 2 aliphatic heterocycles. The minimum Gasteiger partial charge on any atom is -0.492 e. The molecule has 3 N–H and O–H groups in total. The first-order valence-corrected chi connectivity index (χ1v) is 19.1. The third kappa shape index (κ3) is 6.89. The molecule has 2 aromatic carbocycles. The molecule has 266 valence electrons. The van der Waals surface area contributed by atoms with Crippen molar-refractivity contribution in [3.8, 4) is 5.75 Å². The summed E-state index contributed by atoms with van der Waals surface area (Å²) in [5.74, 6) is -0.864. The van der Waals surface area contributed by atoms with E-state index in [2.05, 4.69) is 6.07 Å². The molecule has 7 atom stereocenters. The van der Waals surface area contributed by atoms with Crippen LogP contribution >= 0.6 is 11.6 Å². The van der Waals surface area contributed by atoms with Gasteiger partial charge >= 0.3 is 10.2 Å². The molecule has 10 nitrogen and oxygen atoms in total. The molecule has 0 aromatic heterocycles. The van der Waals surface area contributed by atoms with Gasteiger partial charge in [0.15, 0.2) is 5.60 Å². The number of aliphatic hydroxyl groups is 2. The van der Waals surface area contributed by atoms with Gasteiger partial charge in [0, 0.05) is 37.6 Å². The Labute approximate surface area is 294 Å². The number of fused-ring (bicyclic) bond motifs is 4. The van der Waals surface area contributed by atoms with Crippen LogP contribution < -0.4 is 9.46 Å². The second-order valence-electron chi connectivity index (χ2n) is 14.9. The van der Waals surface area contributed by atoms with Crippen LogP contribution in [-0.2, 0) is 37.2 Å². The fourth-order valence-corrected chi connectivity index (χ4v) is 9.12. The van der Waals surface area contributed by atoms with Crippen LogP contribution in [0.15, 0.2) is 48.6 Å². The van der Waals surface area contributed by atoms with Crippen molar-refractivity contribution >= 4 is 33.6 Å². The number of rotatable bonds is 3. The van der Waals surface area contributed by atoms with Crippen LogP contribution in [0.4, 0.5) is 0 Å². The maximum Gasteiger partial charge on any atom is 0.303 e. The summed E-state index contributed by atoms with van der Waals surface area (Å²) >= 11 is 6.43. The van der Waals surface area contributed by atoms with Crippen LogP contribution in [0.3, 0.4) is 0 Å². The molecule has 2 heterocycles. The Kier molecular flexibility index (Phi) is 9.98. The predicted molar refractivity (Wildman–Crippen MR) is 187 cm³/mol. The molecule has 1 saturated carbocycles. The number of ether oxygens (including phenoxy) is 1. The summed E-state index contributed by atoms with van der Waals surface area (Å²) in [5.41, 5.74) is 0.550. The first-order chi connectivity index (χ1) is 23.1. The lowest BCUT2D eigenvalue weighted by Crippen LogP contribution is -2.52. The first kappa shape index (κ1) is 35.9. The largest absolute Gasteiger partial charge is 0.492 e. The van der Waals surface area contributed by atoms with Gasteiger partial charge in [-0.3, -0.25) is 9.59 Å². The third-order valence-corrected chi connectivity index (χ3v) is 13.3. The van der Waals surface area contributed by atoms with Crippen LogP contribution in [0.1, 0.15) is 86.5 Å². The number of aryl methyl sites for hydroxylation is 1. The van der Waals surface area contributed by atoms with Crippen molar-refractivity contribution in [1.29, 1.82) is 0 Å². The van der Waals surface area contributed by atoms with Gasteiger partial charge in [-0.15, -0.1) is 0 Å². The molecule has 12 heteroatoms. The van der Waals surface area contributed by atoms with Crippen LogP contribution in [0.2, 0.25) is 5.02 Å². The van der Waals surface area contributed by atoms with E-state index in [1.807, 2.05) is 35.9 Å². The highest BCUT2D eigenvalue weighted by atomic mass is 35.5. The Bertz CT molecular complexity index is 1750. The minimum absolute atomic E-state index is 0.0767. The Morgan fingerprint density at radius 3 is 2.65 bits per heavy atom. The maximum atomic E-state index is 13.9. The molecule has 6 rings (SSSR count). The van der Waals surface area contributed by atoms with E-state index in [1.54, 1.807) is 25.2 Å². The van der Waals surface area contributed by atoms with E-state index in [1.165, 1.54) is 30.1 Å². The van der Waals surface area contributed by atoms with Crippen molar-refractivity contribution in [1.82, 2.24) is 13.9 Å². The molecule has 1 spiro atoms. The summed E-state index contributed by atoms with van der Waals surface area (Å²) in [6.45, 7) is 2.29. The van der Waals surface area contributed by atoms with Crippen molar-refractivity contribution in [2.45, 2.75) is 93.8 Å². The zero-order chi connectivity index (χ0) is 35.3. The summed E-state index contributed by atoms with van der Waals surface area (Å²) in [6, 6.07) is 10.8. The Hall–Kier alpha value is -2.96. The quantitative estimate of drug-likeness (QED) is 0.397. The Morgan fingerprint density at radius 1 is 1.16 bits per heavy atom.